The highest BCUT2D eigenvalue weighted by atomic mass is 31.2. The zero-order valence-electron chi connectivity index (χ0n) is 39.1. The summed E-state index contributed by atoms with van der Waals surface area (Å²) in [4.78, 5) is 56.6. The molecule has 13 atom stereocenters. The molecule has 0 aromatic rings. The Morgan fingerprint density at radius 1 is 0.881 bits per heavy atom. The molecule has 1 saturated heterocycles. The van der Waals surface area contributed by atoms with Crippen molar-refractivity contribution in [1.29, 1.82) is 0 Å². The number of allylic oxidation sites excluding steroid dienone is 4. The van der Waals surface area contributed by atoms with Crippen LogP contribution < -0.4 is 0 Å². The molecule has 22 heteroatoms. The van der Waals surface area contributed by atoms with Crippen LogP contribution in [0.25, 0.3) is 0 Å². The summed E-state index contributed by atoms with van der Waals surface area (Å²) >= 11 is 0. The number of hydrogen-bond donors (Lipinski definition) is 10. The lowest BCUT2D eigenvalue weighted by Gasteiger charge is -2.41. The van der Waals surface area contributed by atoms with Crippen LogP contribution >= 0.6 is 15.6 Å². The van der Waals surface area contributed by atoms with E-state index >= 15 is 0 Å². The quantitative estimate of drug-likeness (QED) is 0.0283. The fourth-order valence-corrected chi connectivity index (χ4v) is 9.18. The van der Waals surface area contributed by atoms with Crippen LogP contribution in [-0.4, -0.2) is 143 Å². The molecule has 2 heterocycles. The summed E-state index contributed by atoms with van der Waals surface area (Å²) in [6.45, 7) is 2.50. The third-order valence-electron chi connectivity index (χ3n) is 11.5. The molecule has 20 nitrogen and oxygen atoms in total. The van der Waals surface area contributed by atoms with Crippen molar-refractivity contribution in [2.45, 2.75) is 216 Å². The normalized spacial score (nSPS) is 31.8. The summed E-state index contributed by atoms with van der Waals surface area (Å²) in [6, 6.07) is 0. The van der Waals surface area contributed by atoms with Crippen LogP contribution in [0.5, 0.6) is 0 Å². The smallest absolute Gasteiger partial charge is 0.462 e. The molecule has 0 aromatic heterocycles. The summed E-state index contributed by atoms with van der Waals surface area (Å²) < 4.78 is 57.6. The van der Waals surface area contributed by atoms with Crippen molar-refractivity contribution >= 4 is 27.6 Å². The van der Waals surface area contributed by atoms with Gasteiger partial charge in [-0.05, 0) is 57.8 Å². The summed E-state index contributed by atoms with van der Waals surface area (Å²) in [6.07, 6.45) is -0.768. The average molecular weight is 1000 g/mol. The molecule has 2 aliphatic heterocycles. The van der Waals surface area contributed by atoms with Gasteiger partial charge >= 0.3 is 27.6 Å². The Balaban J connectivity index is 2.38. The van der Waals surface area contributed by atoms with Crippen LogP contribution in [0.2, 0.25) is 0 Å². The van der Waals surface area contributed by atoms with E-state index in [2.05, 4.69) is 19.1 Å². The number of phosphoric ester groups is 2. The van der Waals surface area contributed by atoms with Crippen molar-refractivity contribution in [3.63, 3.8) is 0 Å². The molecule has 0 amide bonds. The second kappa shape index (κ2) is 33.6. The minimum absolute atomic E-state index is 0.0385. The van der Waals surface area contributed by atoms with Crippen LogP contribution in [0.1, 0.15) is 149 Å². The summed E-state index contributed by atoms with van der Waals surface area (Å²) in [5.41, 5.74) is 0. The number of carbonyl (C=O) groups excluding carboxylic acids is 2. The first kappa shape index (κ1) is 61.2. The van der Waals surface area contributed by atoms with E-state index in [1.165, 1.54) is 31.8 Å². The van der Waals surface area contributed by atoms with Crippen molar-refractivity contribution in [2.24, 2.45) is 5.92 Å². The number of carbonyl (C=O) groups is 2. The molecule has 0 saturated carbocycles. The Labute approximate surface area is 395 Å². The molecule has 2 rings (SSSR count). The van der Waals surface area contributed by atoms with Gasteiger partial charge in [0.15, 0.2) is 12.4 Å². The SMILES string of the molecule is CCCCCC/C=C\CCCCCCCC(=O)OC[C@@H]1COP(=O)(O)O[C@H]2[C@H](O)[C@@H](O)[C@H](O)[C@@H](CC=CCCCC(=O)O1)[C@@H](O)CC(O)O[C@H](C=C[C@@H](O)CCCCC)[C@@H](O)[C@H]2OP(=O)(O)O. The first-order valence-corrected chi connectivity index (χ1v) is 27.0. The fourth-order valence-electron chi connectivity index (χ4n) is 7.65. The van der Waals surface area contributed by atoms with Crippen molar-refractivity contribution in [3.05, 3.63) is 36.5 Å². The Morgan fingerprint density at radius 2 is 1.52 bits per heavy atom. The molecule has 390 valence electrons. The monoisotopic (exact) mass is 1000 g/mol. The third-order valence-corrected chi connectivity index (χ3v) is 13.0. The van der Waals surface area contributed by atoms with Gasteiger partial charge in [-0.1, -0.05) is 108 Å². The molecular weight excluding hydrogens is 922 g/mol. The van der Waals surface area contributed by atoms with E-state index in [1.807, 2.05) is 6.92 Å². The number of cyclic esters (lactones) is 1. The van der Waals surface area contributed by atoms with E-state index in [4.69, 9.17) is 27.8 Å². The molecule has 2 bridgehead atoms. The highest BCUT2D eigenvalue weighted by molar-refractivity contribution is 7.47. The zero-order chi connectivity index (χ0) is 49.8. The minimum atomic E-state index is -5.79. The zero-order valence-corrected chi connectivity index (χ0v) is 40.9. The summed E-state index contributed by atoms with van der Waals surface area (Å²) in [5, 5.41) is 78.8. The largest absolute Gasteiger partial charge is 0.472 e. The van der Waals surface area contributed by atoms with Crippen LogP contribution in [0.15, 0.2) is 36.5 Å². The number of fused-ring (bicyclic) bond motifs is 4. The third kappa shape index (κ3) is 26.2. The maximum Gasteiger partial charge on any atom is 0.472 e. The highest BCUT2D eigenvalue weighted by Crippen LogP contribution is 2.49. The van der Waals surface area contributed by atoms with E-state index < -0.39 is 120 Å². The number of esters is 2. The van der Waals surface area contributed by atoms with Crippen molar-refractivity contribution in [3.8, 4) is 0 Å². The Kier molecular flexibility index (Phi) is 30.7. The summed E-state index contributed by atoms with van der Waals surface area (Å²) in [7, 11) is -11.5. The predicted molar refractivity (Wildman–Crippen MR) is 245 cm³/mol. The van der Waals surface area contributed by atoms with Gasteiger partial charge in [0.2, 0.25) is 0 Å². The second-order valence-electron chi connectivity index (χ2n) is 17.3. The van der Waals surface area contributed by atoms with E-state index in [1.54, 1.807) is 6.08 Å². The van der Waals surface area contributed by atoms with Crippen molar-refractivity contribution < 1.29 is 96.9 Å². The van der Waals surface area contributed by atoms with Gasteiger partial charge in [0.1, 0.15) is 43.2 Å². The van der Waals surface area contributed by atoms with E-state index in [0.29, 0.717) is 12.8 Å². The number of unbranched alkanes of at least 4 members (excludes halogenated alkanes) is 11. The molecule has 10 N–H and O–H groups in total. The van der Waals surface area contributed by atoms with Crippen LogP contribution in [0.3, 0.4) is 0 Å². The molecular formula is C45H80O20P2. The molecule has 2 unspecified atom stereocenters. The van der Waals surface area contributed by atoms with E-state index in [0.717, 1.165) is 63.5 Å². The topological polar surface area (TPSA) is 326 Å². The molecule has 0 aliphatic carbocycles. The molecule has 2 aliphatic rings. The standard InChI is InChI=1S/C45H80O20P2/c1-3-5-7-8-9-10-11-12-13-14-15-16-21-25-37(48)60-30-33-31-61-67(58,59)65-45-43(54)42(53)40(51)34(24-20-17-18-22-26-38(49)62-33)35(47)29-39(50)63-36(28-27-32(46)23-19-6-4-2)41(52)44(45)64-66(55,56)57/h10-11,17,20,27-28,32-36,39-47,50-54H,3-9,12-16,18-19,21-26,29-31H2,1-2H3,(H,58,59)(H2,55,56,57)/b11-10-,20-17?,28-27?/t32-,33+,34-,35-,36+,39?,40+,41+,42-,43+,44+,45-/m0/s1. The number of aliphatic hydroxyl groups excluding tert-OH is 7. The fraction of sp³-hybridized carbons (Fsp3) is 0.822. The van der Waals surface area contributed by atoms with Gasteiger partial charge in [-0.25, -0.2) is 9.13 Å². The Hall–Kier alpha value is -1.94. The van der Waals surface area contributed by atoms with Gasteiger partial charge in [0.25, 0.3) is 0 Å². The van der Waals surface area contributed by atoms with Gasteiger partial charge in [-0.3, -0.25) is 23.2 Å². The molecule has 0 spiro atoms. The van der Waals surface area contributed by atoms with Gasteiger partial charge < -0.3 is 64.6 Å². The number of aliphatic hydroxyl groups is 7. The number of ether oxygens (including phenoxy) is 3. The first-order chi connectivity index (χ1) is 31.8. The van der Waals surface area contributed by atoms with E-state index in [-0.39, 0.29) is 38.5 Å². The van der Waals surface area contributed by atoms with Crippen molar-refractivity contribution in [2.75, 3.05) is 13.2 Å². The van der Waals surface area contributed by atoms with Crippen LogP contribution in [-0.2, 0) is 46.5 Å². The number of hydrogen-bond acceptors (Lipinski definition) is 17. The average Bonchev–Trinajstić information content (AvgIpc) is 3.26. The summed E-state index contributed by atoms with van der Waals surface area (Å²) in [5.74, 6) is -2.87. The van der Waals surface area contributed by atoms with Crippen LogP contribution in [0, 0.1) is 5.92 Å². The molecule has 0 radical (unpaired) electrons. The molecule has 1 fully saturated rings. The Bertz CT molecular complexity index is 1560. The maximum absolute atomic E-state index is 13.7. The Morgan fingerprint density at radius 3 is 2.19 bits per heavy atom. The van der Waals surface area contributed by atoms with Crippen molar-refractivity contribution in [1.82, 2.24) is 0 Å². The number of phosphoric acid groups is 2. The lowest BCUT2D eigenvalue weighted by molar-refractivity contribution is -0.210. The van der Waals surface area contributed by atoms with Gasteiger partial charge in [-0.15, -0.1) is 0 Å². The van der Waals surface area contributed by atoms with Gasteiger partial charge in [-0.2, -0.15) is 0 Å². The van der Waals surface area contributed by atoms with Gasteiger partial charge in [0.05, 0.1) is 24.9 Å². The second-order valence-corrected chi connectivity index (χ2v) is 19.9. The first-order valence-electron chi connectivity index (χ1n) is 23.9. The van der Waals surface area contributed by atoms with Gasteiger partial charge in [0, 0.05) is 25.2 Å². The predicted octanol–water partition coefficient (Wildman–Crippen LogP) is 4.83. The molecule has 67 heavy (non-hydrogen) atoms. The minimum Gasteiger partial charge on any atom is -0.462 e. The maximum atomic E-state index is 13.7. The lowest BCUT2D eigenvalue weighted by atomic mass is 9.83. The van der Waals surface area contributed by atoms with E-state index in [9.17, 15) is 69.1 Å². The van der Waals surface area contributed by atoms with Crippen LogP contribution in [0.4, 0.5) is 0 Å². The lowest BCUT2D eigenvalue weighted by Crippen LogP contribution is -2.58. The highest BCUT2D eigenvalue weighted by Gasteiger charge is 2.50. The molecule has 0 aromatic carbocycles. The number of rotatable bonds is 23.